The van der Waals surface area contributed by atoms with Crippen molar-refractivity contribution in [1.82, 2.24) is 5.32 Å². The molecule has 0 unspecified atom stereocenters. The molecule has 1 aliphatic carbocycles. The van der Waals surface area contributed by atoms with Crippen LogP contribution in [0.5, 0.6) is 0 Å². The molecule has 1 aliphatic rings. The summed E-state index contributed by atoms with van der Waals surface area (Å²) in [5.41, 5.74) is 1.28. The van der Waals surface area contributed by atoms with Gasteiger partial charge in [0.2, 0.25) is 0 Å². The van der Waals surface area contributed by atoms with Gasteiger partial charge in [-0.15, -0.1) is 0 Å². The van der Waals surface area contributed by atoms with E-state index in [-0.39, 0.29) is 17.9 Å². The van der Waals surface area contributed by atoms with E-state index in [2.05, 4.69) is 10.6 Å². The SMILES string of the molecule is CNC(=O)c1cc(NCC2(CO)CCCCC2)ccc1Cl. The number of aliphatic hydroxyl groups is 1. The van der Waals surface area contributed by atoms with Crippen molar-refractivity contribution in [3.8, 4) is 0 Å². The van der Waals surface area contributed by atoms with Crippen LogP contribution in [0.15, 0.2) is 18.2 Å². The maximum Gasteiger partial charge on any atom is 0.252 e. The lowest BCUT2D eigenvalue weighted by Crippen LogP contribution is -2.35. The van der Waals surface area contributed by atoms with Crippen molar-refractivity contribution in [3.05, 3.63) is 28.8 Å². The molecule has 2 rings (SSSR count). The Morgan fingerprint density at radius 3 is 2.67 bits per heavy atom. The summed E-state index contributed by atoms with van der Waals surface area (Å²) in [7, 11) is 1.58. The number of amides is 1. The molecule has 0 radical (unpaired) electrons. The largest absolute Gasteiger partial charge is 0.396 e. The lowest BCUT2D eigenvalue weighted by atomic mass is 9.74. The summed E-state index contributed by atoms with van der Waals surface area (Å²) in [4.78, 5) is 11.7. The molecule has 1 aromatic rings. The molecule has 21 heavy (non-hydrogen) atoms. The number of anilines is 1. The topological polar surface area (TPSA) is 61.4 Å². The van der Waals surface area contributed by atoms with Gasteiger partial charge in [-0.1, -0.05) is 30.9 Å². The molecular weight excluding hydrogens is 288 g/mol. The highest BCUT2D eigenvalue weighted by Crippen LogP contribution is 2.36. The molecule has 116 valence electrons. The van der Waals surface area contributed by atoms with Crippen molar-refractivity contribution in [2.24, 2.45) is 5.41 Å². The highest BCUT2D eigenvalue weighted by molar-refractivity contribution is 6.34. The maximum absolute atomic E-state index is 11.7. The number of carbonyl (C=O) groups is 1. The van der Waals surface area contributed by atoms with Gasteiger partial charge in [0.15, 0.2) is 0 Å². The molecule has 4 nitrogen and oxygen atoms in total. The van der Waals surface area contributed by atoms with Gasteiger partial charge in [-0.2, -0.15) is 0 Å². The molecule has 0 saturated heterocycles. The number of nitrogens with one attached hydrogen (secondary N) is 2. The van der Waals surface area contributed by atoms with E-state index < -0.39 is 0 Å². The van der Waals surface area contributed by atoms with Crippen molar-refractivity contribution in [2.45, 2.75) is 32.1 Å². The van der Waals surface area contributed by atoms with Crippen LogP contribution in [0.3, 0.4) is 0 Å². The highest BCUT2D eigenvalue weighted by atomic mass is 35.5. The van der Waals surface area contributed by atoms with Crippen LogP contribution >= 0.6 is 11.6 Å². The van der Waals surface area contributed by atoms with Crippen LogP contribution in [0.25, 0.3) is 0 Å². The average molecular weight is 311 g/mol. The molecule has 3 N–H and O–H groups in total. The molecule has 0 spiro atoms. The molecule has 5 heteroatoms. The van der Waals surface area contributed by atoms with Crippen molar-refractivity contribution in [1.29, 1.82) is 0 Å². The summed E-state index contributed by atoms with van der Waals surface area (Å²) in [5.74, 6) is -0.196. The number of hydrogen-bond donors (Lipinski definition) is 3. The quantitative estimate of drug-likeness (QED) is 0.783. The Balaban J connectivity index is 2.07. The molecule has 0 atom stereocenters. The standard InChI is InChI=1S/C16H23ClN2O2/c1-18-15(21)13-9-12(5-6-14(13)17)19-10-16(11-20)7-3-2-4-8-16/h5-6,9,19-20H,2-4,7-8,10-11H2,1H3,(H,18,21). The first-order valence-corrected chi connectivity index (χ1v) is 7.84. The summed E-state index contributed by atoms with van der Waals surface area (Å²) in [6.45, 7) is 0.925. The van der Waals surface area contributed by atoms with E-state index in [1.54, 1.807) is 19.2 Å². The van der Waals surface area contributed by atoms with Gasteiger partial charge in [0.25, 0.3) is 5.91 Å². The van der Waals surface area contributed by atoms with E-state index in [9.17, 15) is 9.90 Å². The van der Waals surface area contributed by atoms with Gasteiger partial charge in [-0.05, 0) is 31.0 Å². The van der Waals surface area contributed by atoms with E-state index >= 15 is 0 Å². The fraction of sp³-hybridized carbons (Fsp3) is 0.562. The van der Waals surface area contributed by atoms with E-state index in [0.29, 0.717) is 10.6 Å². The minimum absolute atomic E-state index is 0.0366. The lowest BCUT2D eigenvalue weighted by Gasteiger charge is -2.36. The smallest absolute Gasteiger partial charge is 0.252 e. The second kappa shape index (κ2) is 7.14. The lowest BCUT2D eigenvalue weighted by molar-refractivity contribution is 0.0943. The summed E-state index contributed by atoms with van der Waals surface area (Å²) in [6.07, 6.45) is 5.70. The molecule has 0 bridgehead atoms. The van der Waals surface area contributed by atoms with Gasteiger partial charge in [0.05, 0.1) is 17.2 Å². The Hall–Kier alpha value is -1.26. The van der Waals surface area contributed by atoms with Gasteiger partial charge in [0.1, 0.15) is 0 Å². The third-order valence-electron chi connectivity index (χ3n) is 4.36. The third kappa shape index (κ3) is 3.89. The van der Waals surface area contributed by atoms with Crippen LogP contribution in [0.1, 0.15) is 42.5 Å². The number of halogens is 1. The Morgan fingerprint density at radius 2 is 2.05 bits per heavy atom. The number of rotatable bonds is 5. The van der Waals surface area contributed by atoms with Gasteiger partial charge in [0, 0.05) is 24.7 Å². The molecule has 1 amide bonds. The summed E-state index contributed by atoms with van der Waals surface area (Å²) >= 11 is 6.04. The van der Waals surface area contributed by atoms with E-state index in [4.69, 9.17) is 11.6 Å². The predicted octanol–water partition coefficient (Wildman–Crippen LogP) is 3.05. The number of benzene rings is 1. The van der Waals surface area contributed by atoms with Crippen molar-refractivity contribution < 1.29 is 9.90 Å². The van der Waals surface area contributed by atoms with Gasteiger partial charge in [-0.25, -0.2) is 0 Å². The Kier molecular flexibility index (Phi) is 5.48. The van der Waals surface area contributed by atoms with Crippen molar-refractivity contribution in [2.75, 3.05) is 25.5 Å². The van der Waals surface area contributed by atoms with E-state index in [1.807, 2.05) is 6.07 Å². The van der Waals surface area contributed by atoms with Crippen LogP contribution < -0.4 is 10.6 Å². The molecule has 0 heterocycles. The van der Waals surface area contributed by atoms with E-state index in [1.165, 1.54) is 19.3 Å². The first kappa shape index (κ1) is 16.1. The fourth-order valence-electron chi connectivity index (χ4n) is 2.93. The van der Waals surface area contributed by atoms with E-state index in [0.717, 1.165) is 25.1 Å². The Bertz CT molecular complexity index is 499. The first-order valence-electron chi connectivity index (χ1n) is 7.47. The van der Waals surface area contributed by atoms with Gasteiger partial charge in [-0.3, -0.25) is 4.79 Å². The monoisotopic (exact) mass is 310 g/mol. The number of carbonyl (C=O) groups excluding carboxylic acids is 1. The molecular formula is C16H23ClN2O2. The summed E-state index contributed by atoms with van der Waals surface area (Å²) in [5, 5.41) is 16.1. The predicted molar refractivity (Wildman–Crippen MR) is 85.9 cm³/mol. The first-order chi connectivity index (χ1) is 10.1. The van der Waals surface area contributed by atoms with Gasteiger partial charge >= 0.3 is 0 Å². The zero-order valence-electron chi connectivity index (χ0n) is 12.4. The second-order valence-electron chi connectivity index (χ2n) is 5.85. The van der Waals surface area contributed by atoms with Crippen molar-refractivity contribution in [3.63, 3.8) is 0 Å². The van der Waals surface area contributed by atoms with Crippen LogP contribution in [0, 0.1) is 5.41 Å². The minimum Gasteiger partial charge on any atom is -0.396 e. The highest BCUT2D eigenvalue weighted by Gasteiger charge is 2.31. The fourth-order valence-corrected chi connectivity index (χ4v) is 3.13. The third-order valence-corrected chi connectivity index (χ3v) is 4.68. The summed E-state index contributed by atoms with van der Waals surface area (Å²) < 4.78 is 0. The second-order valence-corrected chi connectivity index (χ2v) is 6.25. The maximum atomic E-state index is 11.7. The minimum atomic E-state index is -0.196. The zero-order chi connectivity index (χ0) is 15.3. The van der Waals surface area contributed by atoms with Crippen LogP contribution in [-0.4, -0.2) is 31.2 Å². The number of hydrogen-bond acceptors (Lipinski definition) is 3. The molecule has 1 saturated carbocycles. The molecule has 0 aromatic heterocycles. The zero-order valence-corrected chi connectivity index (χ0v) is 13.2. The molecule has 1 aromatic carbocycles. The Morgan fingerprint density at radius 1 is 1.33 bits per heavy atom. The van der Waals surface area contributed by atoms with Crippen LogP contribution in [0.4, 0.5) is 5.69 Å². The molecule has 1 fully saturated rings. The normalized spacial score (nSPS) is 17.3. The van der Waals surface area contributed by atoms with Gasteiger partial charge < -0.3 is 15.7 Å². The molecule has 0 aliphatic heterocycles. The van der Waals surface area contributed by atoms with Crippen molar-refractivity contribution >= 4 is 23.2 Å². The average Bonchev–Trinajstić information content (AvgIpc) is 2.54. The van der Waals surface area contributed by atoms with Crippen LogP contribution in [0.2, 0.25) is 5.02 Å². The Labute approximate surface area is 130 Å². The summed E-state index contributed by atoms with van der Waals surface area (Å²) in [6, 6.07) is 5.35. The van der Waals surface area contributed by atoms with Crippen LogP contribution in [-0.2, 0) is 0 Å². The number of aliphatic hydroxyl groups excluding tert-OH is 1.